The molecule has 1 unspecified atom stereocenters. The van der Waals surface area contributed by atoms with E-state index in [1.54, 1.807) is 26.0 Å². The van der Waals surface area contributed by atoms with Crippen LogP contribution in [0, 0.1) is 19.8 Å². The number of aryl methyl sites for hydroxylation is 2. The van der Waals surface area contributed by atoms with Crippen LogP contribution in [0.5, 0.6) is 5.75 Å². The van der Waals surface area contributed by atoms with Crippen molar-refractivity contribution in [1.29, 1.82) is 0 Å². The lowest BCUT2D eigenvalue weighted by Gasteiger charge is -2.20. The molecule has 1 rings (SSSR count). The second kappa shape index (κ2) is 6.21. The van der Waals surface area contributed by atoms with Gasteiger partial charge in [0.05, 0.1) is 0 Å². The number of nitrogens with zero attached hydrogens (tertiary/aromatic N) is 1. The maximum absolute atomic E-state index is 12.8. The molecule has 0 aliphatic carbocycles. The summed E-state index contributed by atoms with van der Waals surface area (Å²) in [5.74, 6) is -2.82. The Hall–Kier alpha value is -1.63. The molecule has 1 atom stereocenters. The molecule has 0 fully saturated rings. The first-order valence-electron chi connectivity index (χ1n) is 5.60. The van der Waals surface area contributed by atoms with Gasteiger partial charge in [0.15, 0.2) is 5.84 Å². The number of hydrogen-bond acceptors (Lipinski definition) is 3. The van der Waals surface area contributed by atoms with Crippen LogP contribution in [-0.2, 0) is 0 Å². The number of amidine groups is 1. The van der Waals surface area contributed by atoms with Gasteiger partial charge in [0.2, 0.25) is 0 Å². The molecule has 0 aromatic heterocycles. The van der Waals surface area contributed by atoms with Gasteiger partial charge in [-0.1, -0.05) is 16.8 Å². The van der Waals surface area contributed by atoms with Gasteiger partial charge in [-0.15, -0.1) is 0 Å². The second-order valence-corrected chi connectivity index (χ2v) is 4.74. The molecular weight excluding hydrogens is 297 g/mol. The molecule has 1 aromatic rings. The summed E-state index contributed by atoms with van der Waals surface area (Å²) in [6.07, 6.45) is -4.66. The van der Waals surface area contributed by atoms with Crippen molar-refractivity contribution >= 4 is 17.4 Å². The summed E-state index contributed by atoms with van der Waals surface area (Å²) in [7, 11) is 0. The Morgan fingerprint density at radius 3 is 2.30 bits per heavy atom. The molecule has 20 heavy (non-hydrogen) atoms. The molecule has 0 saturated heterocycles. The predicted octanol–water partition coefficient (Wildman–Crippen LogP) is 3.26. The molecule has 0 spiro atoms. The summed E-state index contributed by atoms with van der Waals surface area (Å²) in [4.78, 5) is 0. The average Bonchev–Trinajstić information content (AvgIpc) is 2.30. The Morgan fingerprint density at radius 2 is 1.90 bits per heavy atom. The highest BCUT2D eigenvalue weighted by atomic mass is 35.5. The first-order valence-corrected chi connectivity index (χ1v) is 5.98. The zero-order valence-electron chi connectivity index (χ0n) is 10.8. The van der Waals surface area contributed by atoms with Crippen LogP contribution >= 0.6 is 11.6 Å². The van der Waals surface area contributed by atoms with Gasteiger partial charge in [0, 0.05) is 5.02 Å². The fourth-order valence-electron chi connectivity index (χ4n) is 1.71. The van der Waals surface area contributed by atoms with E-state index in [0.29, 0.717) is 21.9 Å². The highest BCUT2D eigenvalue weighted by Gasteiger charge is 2.43. The second-order valence-electron chi connectivity index (χ2n) is 4.30. The molecule has 0 amide bonds. The zero-order valence-corrected chi connectivity index (χ0v) is 11.6. The molecule has 112 valence electrons. The number of benzene rings is 1. The Labute approximate surface area is 119 Å². The molecule has 0 heterocycles. The van der Waals surface area contributed by atoms with Crippen LogP contribution in [0.25, 0.3) is 0 Å². The normalized spacial score (nSPS) is 14.2. The minimum atomic E-state index is -4.66. The van der Waals surface area contributed by atoms with E-state index in [2.05, 4.69) is 5.16 Å². The molecule has 0 radical (unpaired) electrons. The summed E-state index contributed by atoms with van der Waals surface area (Å²) in [5.41, 5.74) is 6.26. The number of alkyl halides is 3. The lowest BCUT2D eigenvalue weighted by molar-refractivity contribution is -0.162. The van der Waals surface area contributed by atoms with E-state index in [1.165, 1.54) is 0 Å². The molecule has 0 aliphatic heterocycles. The molecule has 3 N–H and O–H groups in total. The first-order chi connectivity index (χ1) is 9.16. The number of ether oxygens (including phenoxy) is 1. The fourth-order valence-corrected chi connectivity index (χ4v) is 2.04. The van der Waals surface area contributed by atoms with Crippen molar-refractivity contribution in [2.24, 2.45) is 16.8 Å². The highest BCUT2D eigenvalue weighted by molar-refractivity contribution is 6.30. The van der Waals surface area contributed by atoms with Gasteiger partial charge in [0.1, 0.15) is 18.3 Å². The topological polar surface area (TPSA) is 67.8 Å². The van der Waals surface area contributed by atoms with Crippen LogP contribution in [0.1, 0.15) is 11.1 Å². The summed E-state index contributed by atoms with van der Waals surface area (Å²) < 4.78 is 43.4. The van der Waals surface area contributed by atoms with E-state index < -0.39 is 24.5 Å². The van der Waals surface area contributed by atoms with Crippen LogP contribution < -0.4 is 10.5 Å². The SMILES string of the molecule is Cc1cc(Cl)cc(C)c1OCC(/C(N)=N/O)C(F)(F)F. The van der Waals surface area contributed by atoms with E-state index in [9.17, 15) is 13.2 Å². The number of hydrogen-bond donors (Lipinski definition) is 2. The molecular formula is C12H14ClF3N2O2. The number of rotatable bonds is 4. The zero-order chi connectivity index (χ0) is 15.5. The van der Waals surface area contributed by atoms with Crippen molar-refractivity contribution in [1.82, 2.24) is 0 Å². The van der Waals surface area contributed by atoms with Crippen molar-refractivity contribution in [3.05, 3.63) is 28.3 Å². The molecule has 1 aromatic carbocycles. The lowest BCUT2D eigenvalue weighted by atomic mass is 10.1. The van der Waals surface area contributed by atoms with E-state index in [1.807, 2.05) is 0 Å². The summed E-state index contributed by atoms with van der Waals surface area (Å²) >= 11 is 5.82. The third-order valence-corrected chi connectivity index (χ3v) is 2.91. The number of halogens is 4. The van der Waals surface area contributed by atoms with Crippen LogP contribution in [0.15, 0.2) is 17.3 Å². The molecule has 0 bridgehead atoms. The quantitative estimate of drug-likeness (QED) is 0.388. The maximum atomic E-state index is 12.8. The Bertz CT molecular complexity index is 495. The maximum Gasteiger partial charge on any atom is 0.402 e. The summed E-state index contributed by atoms with van der Waals surface area (Å²) in [5, 5.41) is 11.3. The average molecular weight is 311 g/mol. The molecule has 8 heteroatoms. The minimum absolute atomic E-state index is 0.300. The lowest BCUT2D eigenvalue weighted by Crippen LogP contribution is -2.40. The van der Waals surface area contributed by atoms with Crippen molar-refractivity contribution < 1.29 is 23.1 Å². The number of oxime groups is 1. The van der Waals surface area contributed by atoms with Crippen LogP contribution in [0.3, 0.4) is 0 Å². The largest absolute Gasteiger partial charge is 0.492 e. The van der Waals surface area contributed by atoms with Crippen LogP contribution in [0.4, 0.5) is 13.2 Å². The van der Waals surface area contributed by atoms with E-state index >= 15 is 0 Å². The fraction of sp³-hybridized carbons (Fsp3) is 0.417. The smallest absolute Gasteiger partial charge is 0.402 e. The monoisotopic (exact) mass is 310 g/mol. The van der Waals surface area contributed by atoms with Gasteiger partial charge in [0.25, 0.3) is 0 Å². The third-order valence-electron chi connectivity index (χ3n) is 2.69. The standard InChI is InChI=1S/C12H14ClF3N2O2/c1-6-3-8(13)4-7(2)10(6)20-5-9(11(17)18-19)12(14,15)16/h3-4,9,19H,5H2,1-2H3,(H2,17,18). The van der Waals surface area contributed by atoms with E-state index in [0.717, 1.165) is 0 Å². The predicted molar refractivity (Wildman–Crippen MR) is 69.4 cm³/mol. The van der Waals surface area contributed by atoms with Gasteiger partial charge in [-0.2, -0.15) is 13.2 Å². The molecule has 4 nitrogen and oxygen atoms in total. The van der Waals surface area contributed by atoms with Gasteiger partial charge in [-0.05, 0) is 37.1 Å². The van der Waals surface area contributed by atoms with Gasteiger partial charge in [-0.25, -0.2) is 0 Å². The Kier molecular flexibility index (Phi) is 5.10. The van der Waals surface area contributed by atoms with Crippen molar-refractivity contribution in [3.63, 3.8) is 0 Å². The van der Waals surface area contributed by atoms with Crippen molar-refractivity contribution in [2.75, 3.05) is 6.61 Å². The molecule has 0 saturated carbocycles. The van der Waals surface area contributed by atoms with Crippen molar-refractivity contribution in [3.8, 4) is 5.75 Å². The Balaban J connectivity index is 2.95. The van der Waals surface area contributed by atoms with Crippen LogP contribution in [0.2, 0.25) is 5.02 Å². The van der Waals surface area contributed by atoms with Crippen molar-refractivity contribution in [2.45, 2.75) is 20.0 Å². The molecule has 0 aliphatic rings. The summed E-state index contributed by atoms with van der Waals surface area (Å²) in [6, 6.07) is 3.16. The number of nitrogens with two attached hydrogens (primary N) is 1. The summed E-state index contributed by atoms with van der Waals surface area (Å²) in [6.45, 7) is 2.56. The van der Waals surface area contributed by atoms with Crippen LogP contribution in [-0.4, -0.2) is 23.8 Å². The van der Waals surface area contributed by atoms with E-state index in [4.69, 9.17) is 27.3 Å². The Morgan fingerprint density at radius 1 is 1.40 bits per heavy atom. The minimum Gasteiger partial charge on any atom is -0.492 e. The van der Waals surface area contributed by atoms with E-state index in [-0.39, 0.29) is 0 Å². The third kappa shape index (κ3) is 3.93. The van der Waals surface area contributed by atoms with Gasteiger partial charge < -0.3 is 15.7 Å². The van der Waals surface area contributed by atoms with Gasteiger partial charge >= 0.3 is 6.18 Å². The van der Waals surface area contributed by atoms with Gasteiger partial charge in [-0.3, -0.25) is 0 Å². The highest BCUT2D eigenvalue weighted by Crippen LogP contribution is 2.30. The first kappa shape index (κ1) is 16.4.